The first kappa shape index (κ1) is 20.6. The molecule has 1 aromatic carbocycles. The van der Waals surface area contributed by atoms with E-state index >= 15 is 0 Å². The molecule has 6 nitrogen and oxygen atoms in total. The molecule has 0 aliphatic carbocycles. The molecular formula is C19H16F3N3O3S2. The molecule has 2 atom stereocenters. The van der Waals surface area contributed by atoms with Gasteiger partial charge >= 0.3 is 6.18 Å². The van der Waals surface area contributed by atoms with Crippen LogP contribution in [0, 0.1) is 0 Å². The third kappa shape index (κ3) is 4.13. The van der Waals surface area contributed by atoms with Crippen molar-refractivity contribution in [3.63, 3.8) is 0 Å². The minimum absolute atomic E-state index is 0.172. The molecule has 0 amide bonds. The zero-order valence-corrected chi connectivity index (χ0v) is 17.2. The van der Waals surface area contributed by atoms with Crippen molar-refractivity contribution in [2.75, 3.05) is 6.79 Å². The number of fused-ring (bicyclic) bond motifs is 1. The fraction of sp³-hybridized carbons (Fsp3) is 0.211. The first-order valence-electron chi connectivity index (χ1n) is 8.63. The van der Waals surface area contributed by atoms with Gasteiger partial charge in [-0.15, -0.1) is 11.3 Å². The summed E-state index contributed by atoms with van der Waals surface area (Å²) in [4.78, 5) is 7.86. The second-order valence-electron chi connectivity index (χ2n) is 6.51. The Labute approximate surface area is 174 Å². The molecule has 1 aliphatic heterocycles. The second kappa shape index (κ2) is 7.56. The number of pyridine rings is 1. The van der Waals surface area contributed by atoms with Crippen molar-refractivity contribution in [3.8, 4) is 22.8 Å². The molecule has 2 aromatic heterocycles. The van der Waals surface area contributed by atoms with Gasteiger partial charge in [-0.3, -0.25) is 4.98 Å². The Balaban J connectivity index is 1.58. The summed E-state index contributed by atoms with van der Waals surface area (Å²) >= 11 is 1.23. The van der Waals surface area contributed by atoms with E-state index in [9.17, 15) is 17.7 Å². The smallest absolute Gasteiger partial charge is 0.433 e. The molecule has 0 fully saturated rings. The van der Waals surface area contributed by atoms with E-state index in [0.29, 0.717) is 27.9 Å². The highest BCUT2D eigenvalue weighted by Crippen LogP contribution is 2.37. The Morgan fingerprint density at radius 3 is 2.70 bits per heavy atom. The lowest BCUT2D eigenvalue weighted by molar-refractivity contribution is -0.141. The summed E-state index contributed by atoms with van der Waals surface area (Å²) in [7, 11) is -2.84. The maximum atomic E-state index is 12.7. The molecule has 3 aromatic rings. The lowest BCUT2D eigenvalue weighted by atomic mass is 10.1. The summed E-state index contributed by atoms with van der Waals surface area (Å²) in [5.41, 5.74) is 0.869. The van der Waals surface area contributed by atoms with Crippen molar-refractivity contribution in [2.45, 2.75) is 18.3 Å². The molecule has 11 heteroatoms. The molecular weight excluding hydrogens is 439 g/mol. The zero-order chi connectivity index (χ0) is 21.5. The van der Waals surface area contributed by atoms with Gasteiger partial charge in [0.25, 0.3) is 0 Å². The average Bonchev–Trinajstić information content (AvgIpc) is 3.35. The topological polar surface area (TPSA) is 76.8 Å². The van der Waals surface area contributed by atoms with Crippen LogP contribution in [0.5, 0.6) is 11.5 Å². The molecule has 1 N–H and O–H groups in total. The second-order valence-corrected chi connectivity index (χ2v) is 9.67. The minimum atomic E-state index is -4.52. The molecule has 30 heavy (non-hydrogen) atoms. The van der Waals surface area contributed by atoms with E-state index in [1.807, 2.05) is 6.07 Å². The van der Waals surface area contributed by atoms with E-state index in [2.05, 4.69) is 20.2 Å². The summed E-state index contributed by atoms with van der Waals surface area (Å²) in [5, 5.41) is 1.48. The standard InChI is InChI=1S/C19H16F3N3O3S2/c1-11(13-4-6-17(23-8-13)19(20,21)22)30(2,26)25-18-24-14(9-29-18)12-3-5-15-16(7-12)28-10-27-15/h3-9,11H,2,10H2,1H3,(H,24,25,26). The van der Waals surface area contributed by atoms with Gasteiger partial charge in [-0.25, -0.2) is 4.98 Å². The Hall–Kier alpha value is -2.63. The van der Waals surface area contributed by atoms with Gasteiger partial charge in [-0.2, -0.15) is 17.5 Å². The Kier molecular flexibility index (Phi) is 5.20. The zero-order valence-electron chi connectivity index (χ0n) is 15.6. The number of alkyl halides is 3. The van der Waals surface area contributed by atoms with Crippen LogP contribution < -0.4 is 9.47 Å². The van der Waals surface area contributed by atoms with Crippen molar-refractivity contribution < 1.29 is 27.2 Å². The van der Waals surface area contributed by atoms with E-state index < -0.39 is 26.8 Å². The van der Waals surface area contributed by atoms with E-state index in [0.717, 1.165) is 17.8 Å². The SMILES string of the molecule is C=S(O)(=Nc1nc(-c2ccc3c(c2)OCO3)cs1)C(C)c1ccc(C(F)(F)F)nc1. The third-order valence-electron chi connectivity index (χ3n) is 4.51. The molecule has 0 saturated heterocycles. The number of thiazole rings is 1. The number of rotatable bonds is 4. The van der Waals surface area contributed by atoms with Crippen molar-refractivity contribution >= 4 is 32.0 Å². The van der Waals surface area contributed by atoms with Crippen LogP contribution >= 0.6 is 11.3 Å². The summed E-state index contributed by atoms with van der Waals surface area (Å²) in [6.45, 7) is 1.81. The maximum absolute atomic E-state index is 12.7. The fourth-order valence-corrected chi connectivity index (χ4v) is 4.90. The highest BCUT2D eigenvalue weighted by Gasteiger charge is 2.32. The first-order valence-corrected chi connectivity index (χ1v) is 11.3. The van der Waals surface area contributed by atoms with Crippen LogP contribution in [0.4, 0.5) is 18.3 Å². The van der Waals surface area contributed by atoms with Crippen LogP contribution in [-0.2, 0) is 15.9 Å². The van der Waals surface area contributed by atoms with Crippen LogP contribution in [0.15, 0.2) is 46.3 Å². The van der Waals surface area contributed by atoms with Gasteiger partial charge in [0.15, 0.2) is 11.5 Å². The summed E-state index contributed by atoms with van der Waals surface area (Å²) in [6.07, 6.45) is -3.43. The van der Waals surface area contributed by atoms with Gasteiger partial charge in [0.05, 0.1) is 10.9 Å². The lowest BCUT2D eigenvalue weighted by Gasteiger charge is -2.17. The van der Waals surface area contributed by atoms with Crippen LogP contribution in [-0.4, -0.2) is 27.2 Å². The molecule has 0 bridgehead atoms. The minimum Gasteiger partial charge on any atom is -0.454 e. The normalized spacial score (nSPS) is 16.2. The fourth-order valence-electron chi connectivity index (χ4n) is 2.74. The van der Waals surface area contributed by atoms with Crippen LogP contribution in [0.3, 0.4) is 0 Å². The van der Waals surface area contributed by atoms with Gasteiger partial charge in [0.1, 0.15) is 5.69 Å². The summed E-state index contributed by atoms with van der Waals surface area (Å²) in [5.74, 6) is 5.08. The van der Waals surface area contributed by atoms with E-state index in [4.69, 9.17) is 9.47 Å². The molecule has 0 saturated carbocycles. The molecule has 158 valence electrons. The lowest BCUT2D eigenvalue weighted by Crippen LogP contribution is -2.11. The van der Waals surface area contributed by atoms with Crippen LogP contribution in [0.2, 0.25) is 0 Å². The Bertz CT molecular complexity index is 1200. The number of hydrogen-bond donors (Lipinski definition) is 1. The summed E-state index contributed by atoms with van der Waals surface area (Å²) in [6, 6.07) is 7.59. The van der Waals surface area contributed by atoms with Gasteiger partial charge in [-0.05, 0) is 52.3 Å². The molecule has 0 spiro atoms. The van der Waals surface area contributed by atoms with Gasteiger partial charge < -0.3 is 14.0 Å². The predicted octanol–water partition coefficient (Wildman–Crippen LogP) is 5.59. The Morgan fingerprint density at radius 2 is 2.00 bits per heavy atom. The highest BCUT2D eigenvalue weighted by molar-refractivity contribution is 7.97. The Morgan fingerprint density at radius 1 is 1.23 bits per heavy atom. The van der Waals surface area contributed by atoms with E-state index in [1.165, 1.54) is 17.4 Å². The monoisotopic (exact) mass is 455 g/mol. The third-order valence-corrected chi connectivity index (χ3v) is 7.25. The number of aromatic nitrogens is 2. The van der Waals surface area contributed by atoms with Gasteiger partial charge in [-0.1, -0.05) is 6.07 Å². The van der Waals surface area contributed by atoms with Crippen LogP contribution in [0.25, 0.3) is 11.3 Å². The summed E-state index contributed by atoms with van der Waals surface area (Å²) < 4.78 is 63.8. The quantitative estimate of drug-likeness (QED) is 0.519. The van der Waals surface area contributed by atoms with Gasteiger partial charge in [0.2, 0.25) is 11.9 Å². The van der Waals surface area contributed by atoms with E-state index in [1.54, 1.807) is 24.4 Å². The molecule has 0 radical (unpaired) electrons. The number of halogens is 3. The number of nitrogens with zero attached hydrogens (tertiary/aromatic N) is 3. The van der Waals surface area contributed by atoms with Crippen molar-refractivity contribution in [2.24, 2.45) is 4.36 Å². The molecule has 4 rings (SSSR count). The first-order chi connectivity index (χ1) is 14.1. The van der Waals surface area contributed by atoms with Crippen LogP contribution in [0.1, 0.15) is 23.4 Å². The van der Waals surface area contributed by atoms with Crippen molar-refractivity contribution in [1.82, 2.24) is 9.97 Å². The largest absolute Gasteiger partial charge is 0.454 e. The molecule has 1 aliphatic rings. The van der Waals surface area contributed by atoms with E-state index in [-0.39, 0.29) is 6.79 Å². The maximum Gasteiger partial charge on any atom is 0.433 e. The average molecular weight is 455 g/mol. The highest BCUT2D eigenvalue weighted by atomic mass is 32.2. The van der Waals surface area contributed by atoms with Crippen molar-refractivity contribution in [1.29, 1.82) is 0 Å². The van der Waals surface area contributed by atoms with Crippen molar-refractivity contribution in [3.05, 3.63) is 53.2 Å². The number of hydrogen-bond acceptors (Lipinski definition) is 6. The molecule has 3 heterocycles. The predicted molar refractivity (Wildman–Crippen MR) is 111 cm³/mol. The molecule has 2 unspecified atom stereocenters. The van der Waals surface area contributed by atoms with Gasteiger partial charge in [0, 0.05) is 17.1 Å². The number of benzene rings is 1. The number of ether oxygens (including phenoxy) is 2.